The van der Waals surface area contributed by atoms with Crippen LogP contribution in [0, 0.1) is 12.7 Å². The zero-order chi connectivity index (χ0) is 26.2. The lowest BCUT2D eigenvalue weighted by molar-refractivity contribution is -0.132. The van der Waals surface area contributed by atoms with Crippen LogP contribution in [0.25, 0.3) is 10.9 Å². The lowest BCUT2D eigenvalue weighted by Crippen LogP contribution is -2.45. The fraction of sp³-hybridized carbons (Fsp3) is 0.267. The topological polar surface area (TPSA) is 68.4 Å². The summed E-state index contributed by atoms with van der Waals surface area (Å²) in [4.78, 5) is 33.3. The quantitative estimate of drug-likeness (QED) is 0.275. The SMILES string of the molecule is CCCN(CC(=O)N(CCc1c[nH]c2ccccc12)Cc1ccc(F)cc1)C(=O)Nc1ccccc1C. The highest BCUT2D eigenvalue weighted by Gasteiger charge is 2.22. The van der Waals surface area contributed by atoms with Crippen LogP contribution in [-0.4, -0.2) is 46.4 Å². The van der Waals surface area contributed by atoms with Crippen molar-refractivity contribution in [3.8, 4) is 0 Å². The molecule has 0 saturated carbocycles. The number of H-pyrrole nitrogens is 1. The molecule has 0 saturated heterocycles. The second-order valence-electron chi connectivity index (χ2n) is 9.22. The molecule has 0 radical (unpaired) electrons. The van der Waals surface area contributed by atoms with E-state index in [2.05, 4.69) is 16.4 Å². The van der Waals surface area contributed by atoms with Gasteiger partial charge in [0.25, 0.3) is 0 Å². The monoisotopic (exact) mass is 500 g/mol. The molecule has 7 heteroatoms. The Kier molecular flexibility index (Phi) is 8.56. The van der Waals surface area contributed by atoms with Crippen molar-refractivity contribution in [2.24, 2.45) is 0 Å². The molecule has 0 spiro atoms. The molecule has 6 nitrogen and oxygen atoms in total. The largest absolute Gasteiger partial charge is 0.361 e. The Balaban J connectivity index is 1.50. The normalized spacial score (nSPS) is 10.9. The molecule has 0 atom stereocenters. The molecular formula is C30H33FN4O2. The number of hydrogen-bond acceptors (Lipinski definition) is 2. The van der Waals surface area contributed by atoms with Gasteiger partial charge in [-0.05, 0) is 60.7 Å². The van der Waals surface area contributed by atoms with Crippen molar-refractivity contribution in [3.63, 3.8) is 0 Å². The number of nitrogens with one attached hydrogen (secondary N) is 2. The van der Waals surface area contributed by atoms with Gasteiger partial charge in [0.2, 0.25) is 5.91 Å². The van der Waals surface area contributed by atoms with Crippen LogP contribution >= 0.6 is 0 Å². The summed E-state index contributed by atoms with van der Waals surface area (Å²) in [7, 11) is 0. The summed E-state index contributed by atoms with van der Waals surface area (Å²) in [5.74, 6) is -0.472. The number of carbonyl (C=O) groups excluding carboxylic acids is 2. The predicted octanol–water partition coefficient (Wildman–Crippen LogP) is 6.13. The Bertz CT molecular complexity index is 1350. The highest BCUT2D eigenvalue weighted by molar-refractivity contribution is 5.93. The highest BCUT2D eigenvalue weighted by atomic mass is 19.1. The van der Waals surface area contributed by atoms with Crippen LogP contribution in [-0.2, 0) is 17.8 Å². The number of rotatable bonds is 10. The Morgan fingerprint density at radius 3 is 2.41 bits per heavy atom. The first kappa shape index (κ1) is 25.9. The van der Waals surface area contributed by atoms with Crippen LogP contribution in [0.1, 0.15) is 30.0 Å². The Hall–Kier alpha value is -4.13. The molecule has 0 fully saturated rings. The molecule has 1 heterocycles. The first-order valence-corrected chi connectivity index (χ1v) is 12.6. The summed E-state index contributed by atoms with van der Waals surface area (Å²) in [5, 5.41) is 4.07. The molecule has 0 unspecified atom stereocenters. The first-order valence-electron chi connectivity index (χ1n) is 12.6. The van der Waals surface area contributed by atoms with Crippen molar-refractivity contribution in [2.75, 3.05) is 25.0 Å². The molecule has 4 rings (SSSR count). The van der Waals surface area contributed by atoms with E-state index >= 15 is 0 Å². The molecule has 0 aliphatic carbocycles. The molecule has 0 aliphatic rings. The van der Waals surface area contributed by atoms with Crippen molar-refractivity contribution in [1.82, 2.24) is 14.8 Å². The number of hydrogen-bond donors (Lipinski definition) is 2. The van der Waals surface area contributed by atoms with Crippen LogP contribution < -0.4 is 5.32 Å². The minimum Gasteiger partial charge on any atom is -0.361 e. The first-order chi connectivity index (χ1) is 17.9. The maximum Gasteiger partial charge on any atom is 0.322 e. The van der Waals surface area contributed by atoms with Gasteiger partial charge in [0.15, 0.2) is 0 Å². The van der Waals surface area contributed by atoms with E-state index in [0.717, 1.165) is 39.7 Å². The van der Waals surface area contributed by atoms with E-state index in [0.29, 0.717) is 26.1 Å². The number of nitrogens with zero attached hydrogens (tertiary/aromatic N) is 2. The van der Waals surface area contributed by atoms with E-state index in [1.54, 1.807) is 21.9 Å². The number of halogens is 1. The van der Waals surface area contributed by atoms with Crippen LogP contribution in [0.2, 0.25) is 0 Å². The van der Waals surface area contributed by atoms with Crippen LogP contribution in [0.3, 0.4) is 0 Å². The second kappa shape index (κ2) is 12.2. The average molecular weight is 501 g/mol. The summed E-state index contributed by atoms with van der Waals surface area (Å²) < 4.78 is 13.5. The highest BCUT2D eigenvalue weighted by Crippen LogP contribution is 2.19. The minimum absolute atomic E-state index is 0.0410. The molecule has 0 bridgehead atoms. The number of aromatic amines is 1. The van der Waals surface area contributed by atoms with E-state index in [4.69, 9.17) is 0 Å². The van der Waals surface area contributed by atoms with Gasteiger partial charge in [-0.15, -0.1) is 0 Å². The number of urea groups is 1. The molecular weight excluding hydrogens is 467 g/mol. The Morgan fingerprint density at radius 1 is 0.919 bits per heavy atom. The number of para-hydroxylation sites is 2. The number of aromatic nitrogens is 1. The molecule has 2 N–H and O–H groups in total. The number of amides is 3. The van der Waals surface area contributed by atoms with Crippen LogP contribution in [0.4, 0.5) is 14.9 Å². The smallest absolute Gasteiger partial charge is 0.322 e. The van der Waals surface area contributed by atoms with Crippen molar-refractivity contribution < 1.29 is 14.0 Å². The third-order valence-corrected chi connectivity index (χ3v) is 6.46. The number of fused-ring (bicyclic) bond motifs is 1. The van der Waals surface area contributed by atoms with Gasteiger partial charge in [-0.2, -0.15) is 0 Å². The molecule has 192 valence electrons. The van der Waals surface area contributed by atoms with Gasteiger partial charge in [-0.1, -0.05) is 55.5 Å². The zero-order valence-corrected chi connectivity index (χ0v) is 21.3. The lowest BCUT2D eigenvalue weighted by atomic mass is 10.1. The second-order valence-corrected chi connectivity index (χ2v) is 9.22. The van der Waals surface area contributed by atoms with Gasteiger partial charge in [-0.25, -0.2) is 9.18 Å². The molecule has 1 aromatic heterocycles. The maximum absolute atomic E-state index is 13.6. The van der Waals surface area contributed by atoms with Crippen LogP contribution in [0.15, 0.2) is 79.0 Å². The summed E-state index contributed by atoms with van der Waals surface area (Å²) in [6.45, 7) is 5.13. The van der Waals surface area contributed by atoms with Gasteiger partial charge in [-0.3, -0.25) is 4.79 Å². The number of benzene rings is 3. The number of anilines is 1. The predicted molar refractivity (Wildman–Crippen MR) is 146 cm³/mol. The summed E-state index contributed by atoms with van der Waals surface area (Å²) in [6.07, 6.45) is 3.35. The fourth-order valence-electron chi connectivity index (χ4n) is 4.39. The van der Waals surface area contributed by atoms with Crippen molar-refractivity contribution in [2.45, 2.75) is 33.2 Å². The number of carbonyl (C=O) groups is 2. The van der Waals surface area contributed by atoms with Gasteiger partial charge in [0.1, 0.15) is 12.4 Å². The van der Waals surface area contributed by atoms with E-state index in [-0.39, 0.29) is 24.3 Å². The van der Waals surface area contributed by atoms with Gasteiger partial charge in [0, 0.05) is 42.4 Å². The Labute approximate surface area is 217 Å². The standard InChI is InChI=1S/C30H33FN4O2/c1-3-17-35(30(37)33-27-10-6-4-8-22(27)2)21-29(36)34(20-23-12-14-25(31)15-13-23)18-16-24-19-32-28-11-7-5-9-26(24)28/h4-15,19,32H,3,16-18,20-21H2,1-2H3,(H,33,37). The van der Waals surface area contributed by atoms with E-state index in [1.165, 1.54) is 12.1 Å². The summed E-state index contributed by atoms with van der Waals surface area (Å²) >= 11 is 0. The van der Waals surface area contributed by atoms with Gasteiger partial charge >= 0.3 is 6.03 Å². The summed E-state index contributed by atoms with van der Waals surface area (Å²) in [5.41, 5.74) is 4.69. The van der Waals surface area contributed by atoms with Gasteiger partial charge in [0.05, 0.1) is 0 Å². The molecule has 37 heavy (non-hydrogen) atoms. The Morgan fingerprint density at radius 2 is 1.65 bits per heavy atom. The molecule has 3 aromatic carbocycles. The zero-order valence-electron chi connectivity index (χ0n) is 21.3. The summed E-state index contributed by atoms with van der Waals surface area (Å²) in [6, 6.07) is 21.5. The molecule has 3 amide bonds. The number of aryl methyl sites for hydroxylation is 1. The molecule has 4 aromatic rings. The molecule has 0 aliphatic heterocycles. The van der Waals surface area contributed by atoms with Crippen molar-refractivity contribution >= 4 is 28.5 Å². The van der Waals surface area contributed by atoms with E-state index in [9.17, 15) is 14.0 Å². The van der Waals surface area contributed by atoms with Crippen molar-refractivity contribution in [3.05, 3.63) is 102 Å². The average Bonchev–Trinajstić information content (AvgIpc) is 3.31. The van der Waals surface area contributed by atoms with Gasteiger partial charge < -0.3 is 20.1 Å². The fourth-order valence-corrected chi connectivity index (χ4v) is 4.39. The minimum atomic E-state index is -0.317. The van der Waals surface area contributed by atoms with E-state index < -0.39 is 0 Å². The third-order valence-electron chi connectivity index (χ3n) is 6.46. The lowest BCUT2D eigenvalue weighted by Gasteiger charge is -2.28. The van der Waals surface area contributed by atoms with E-state index in [1.807, 2.05) is 62.5 Å². The van der Waals surface area contributed by atoms with Crippen LogP contribution in [0.5, 0.6) is 0 Å². The maximum atomic E-state index is 13.6. The third kappa shape index (κ3) is 6.76. The van der Waals surface area contributed by atoms with Crippen molar-refractivity contribution in [1.29, 1.82) is 0 Å².